The van der Waals surface area contributed by atoms with Crippen LogP contribution in [-0.2, 0) is 0 Å². The van der Waals surface area contributed by atoms with Crippen molar-refractivity contribution in [2.45, 2.75) is 6.92 Å². The maximum absolute atomic E-state index is 13.3. The average Bonchev–Trinajstić information content (AvgIpc) is 2.91. The zero-order valence-corrected chi connectivity index (χ0v) is 12.6. The van der Waals surface area contributed by atoms with Crippen molar-refractivity contribution < 1.29 is 14.0 Å². The zero-order valence-electron chi connectivity index (χ0n) is 11.0. The van der Waals surface area contributed by atoms with Crippen molar-refractivity contribution in [1.29, 1.82) is 0 Å². The van der Waals surface area contributed by atoms with E-state index in [9.17, 15) is 9.50 Å². The fourth-order valence-electron chi connectivity index (χ4n) is 1.92. The highest BCUT2D eigenvalue weighted by molar-refractivity contribution is 9.10. The molecule has 0 saturated carbocycles. The van der Waals surface area contributed by atoms with E-state index in [0.717, 1.165) is 27.7 Å². The number of nitrogens with zero attached hydrogens (tertiary/aromatic N) is 2. The van der Waals surface area contributed by atoms with Crippen LogP contribution in [0.3, 0.4) is 0 Å². The molecular formula is C15H10BrFN2O2. The SMILES string of the molecule is Cc1ccc(-c2noc(-c3cc(F)ccc3O)n2)c(Br)c1. The second kappa shape index (κ2) is 5.29. The number of rotatable bonds is 2. The normalized spacial score (nSPS) is 10.8. The molecule has 1 heterocycles. The number of aromatic hydroxyl groups is 1. The van der Waals surface area contributed by atoms with E-state index in [2.05, 4.69) is 26.1 Å². The maximum Gasteiger partial charge on any atom is 0.262 e. The second-order valence-electron chi connectivity index (χ2n) is 4.57. The summed E-state index contributed by atoms with van der Waals surface area (Å²) in [5, 5.41) is 13.6. The number of hydrogen-bond donors (Lipinski definition) is 1. The van der Waals surface area contributed by atoms with E-state index in [-0.39, 0.29) is 17.2 Å². The molecule has 106 valence electrons. The topological polar surface area (TPSA) is 59.2 Å². The van der Waals surface area contributed by atoms with E-state index in [1.807, 2.05) is 25.1 Å². The minimum atomic E-state index is -0.487. The standard InChI is InChI=1S/C15H10BrFN2O2/c1-8-2-4-10(12(16)6-8)14-18-15(21-19-14)11-7-9(17)3-5-13(11)20/h2-7,20H,1H3. The summed E-state index contributed by atoms with van der Waals surface area (Å²) in [6.45, 7) is 1.97. The summed E-state index contributed by atoms with van der Waals surface area (Å²) in [5.74, 6) is -0.177. The third-order valence-electron chi connectivity index (χ3n) is 2.98. The van der Waals surface area contributed by atoms with Crippen LogP contribution in [0, 0.1) is 12.7 Å². The van der Waals surface area contributed by atoms with E-state index in [0.29, 0.717) is 5.82 Å². The summed E-state index contributed by atoms with van der Waals surface area (Å²) in [6.07, 6.45) is 0. The van der Waals surface area contributed by atoms with Gasteiger partial charge in [-0.25, -0.2) is 4.39 Å². The summed E-state index contributed by atoms with van der Waals surface area (Å²) < 4.78 is 19.2. The molecule has 1 N–H and O–H groups in total. The average molecular weight is 349 g/mol. The highest BCUT2D eigenvalue weighted by Crippen LogP contribution is 2.32. The summed E-state index contributed by atoms with van der Waals surface area (Å²) in [5.41, 5.74) is 2.01. The Morgan fingerprint density at radius 1 is 1.14 bits per heavy atom. The first kappa shape index (κ1) is 13.8. The molecule has 0 bridgehead atoms. The monoisotopic (exact) mass is 348 g/mol. The van der Waals surface area contributed by atoms with Gasteiger partial charge in [-0.05, 0) is 42.8 Å². The van der Waals surface area contributed by atoms with Crippen molar-refractivity contribution in [2.75, 3.05) is 0 Å². The van der Waals surface area contributed by atoms with Crippen molar-refractivity contribution in [3.8, 4) is 28.6 Å². The molecule has 3 rings (SSSR count). The molecule has 0 aliphatic carbocycles. The Kier molecular flexibility index (Phi) is 3.47. The first-order valence-corrected chi connectivity index (χ1v) is 6.93. The maximum atomic E-state index is 13.3. The van der Waals surface area contributed by atoms with Crippen LogP contribution in [0.4, 0.5) is 4.39 Å². The zero-order chi connectivity index (χ0) is 15.0. The lowest BCUT2D eigenvalue weighted by Crippen LogP contribution is -1.85. The van der Waals surface area contributed by atoms with Crippen LogP contribution in [0.25, 0.3) is 22.8 Å². The van der Waals surface area contributed by atoms with Gasteiger partial charge >= 0.3 is 0 Å². The number of phenolic OH excluding ortho intramolecular Hbond substituents is 1. The van der Waals surface area contributed by atoms with Crippen LogP contribution in [0.5, 0.6) is 5.75 Å². The van der Waals surface area contributed by atoms with Crippen LogP contribution >= 0.6 is 15.9 Å². The first-order valence-electron chi connectivity index (χ1n) is 6.14. The molecule has 0 fully saturated rings. The highest BCUT2D eigenvalue weighted by Gasteiger charge is 2.16. The van der Waals surface area contributed by atoms with E-state index in [1.165, 1.54) is 6.07 Å². The third-order valence-corrected chi connectivity index (χ3v) is 3.64. The number of hydrogen-bond acceptors (Lipinski definition) is 4. The van der Waals surface area contributed by atoms with Crippen molar-refractivity contribution in [3.05, 3.63) is 52.3 Å². The second-order valence-corrected chi connectivity index (χ2v) is 5.42. The van der Waals surface area contributed by atoms with Gasteiger partial charge in [-0.15, -0.1) is 0 Å². The van der Waals surface area contributed by atoms with Crippen molar-refractivity contribution in [1.82, 2.24) is 10.1 Å². The van der Waals surface area contributed by atoms with Gasteiger partial charge in [0.15, 0.2) is 0 Å². The van der Waals surface area contributed by atoms with Gasteiger partial charge in [0, 0.05) is 10.0 Å². The van der Waals surface area contributed by atoms with E-state index >= 15 is 0 Å². The Labute approximate surface area is 128 Å². The van der Waals surface area contributed by atoms with Gasteiger partial charge < -0.3 is 9.63 Å². The third kappa shape index (κ3) is 2.67. The summed E-state index contributed by atoms with van der Waals surface area (Å²) in [7, 11) is 0. The van der Waals surface area contributed by atoms with Crippen molar-refractivity contribution in [2.24, 2.45) is 0 Å². The number of aromatic nitrogens is 2. The predicted molar refractivity (Wildman–Crippen MR) is 79.2 cm³/mol. The lowest BCUT2D eigenvalue weighted by atomic mass is 10.1. The summed E-state index contributed by atoms with van der Waals surface area (Å²) in [6, 6.07) is 9.28. The summed E-state index contributed by atoms with van der Waals surface area (Å²) >= 11 is 3.44. The van der Waals surface area contributed by atoms with Crippen molar-refractivity contribution in [3.63, 3.8) is 0 Å². The number of phenols is 1. The van der Waals surface area contributed by atoms with Crippen molar-refractivity contribution >= 4 is 15.9 Å². The Morgan fingerprint density at radius 3 is 2.71 bits per heavy atom. The quantitative estimate of drug-likeness (QED) is 0.749. The molecule has 0 spiro atoms. The van der Waals surface area contributed by atoms with Gasteiger partial charge in [0.2, 0.25) is 5.82 Å². The molecule has 0 aliphatic rings. The minimum Gasteiger partial charge on any atom is -0.507 e. The molecule has 1 aromatic heterocycles. The van der Waals surface area contributed by atoms with Gasteiger partial charge in [0.25, 0.3) is 5.89 Å². The molecule has 6 heteroatoms. The fraction of sp³-hybridized carbons (Fsp3) is 0.0667. The van der Waals surface area contributed by atoms with Crippen LogP contribution in [0.2, 0.25) is 0 Å². The Hall–Kier alpha value is -2.21. The van der Waals surface area contributed by atoms with Crippen LogP contribution < -0.4 is 0 Å². The van der Waals surface area contributed by atoms with E-state index in [1.54, 1.807) is 0 Å². The molecule has 0 unspecified atom stereocenters. The van der Waals surface area contributed by atoms with Crippen LogP contribution in [-0.4, -0.2) is 15.2 Å². The van der Waals surface area contributed by atoms with Gasteiger partial charge in [-0.3, -0.25) is 0 Å². The van der Waals surface area contributed by atoms with Gasteiger partial charge in [0.05, 0.1) is 5.56 Å². The molecule has 0 amide bonds. The molecule has 0 aliphatic heterocycles. The minimum absolute atomic E-state index is 0.0643. The molecule has 0 radical (unpaired) electrons. The smallest absolute Gasteiger partial charge is 0.262 e. The Balaban J connectivity index is 2.06. The van der Waals surface area contributed by atoms with Gasteiger partial charge in [-0.2, -0.15) is 4.98 Å². The largest absolute Gasteiger partial charge is 0.507 e. The number of benzene rings is 2. The number of aryl methyl sites for hydroxylation is 1. The van der Waals surface area contributed by atoms with E-state index < -0.39 is 5.82 Å². The highest BCUT2D eigenvalue weighted by atomic mass is 79.9. The molecule has 4 nitrogen and oxygen atoms in total. The molecule has 3 aromatic rings. The van der Waals surface area contributed by atoms with Crippen LogP contribution in [0.15, 0.2) is 45.4 Å². The van der Waals surface area contributed by atoms with E-state index in [4.69, 9.17) is 4.52 Å². The molecule has 21 heavy (non-hydrogen) atoms. The molecule has 2 aromatic carbocycles. The fourth-order valence-corrected chi connectivity index (χ4v) is 2.59. The molecular weight excluding hydrogens is 339 g/mol. The first-order chi connectivity index (χ1) is 10.0. The summed E-state index contributed by atoms with van der Waals surface area (Å²) in [4.78, 5) is 4.21. The molecule has 0 atom stereocenters. The molecule has 0 saturated heterocycles. The van der Waals surface area contributed by atoms with Gasteiger partial charge in [0.1, 0.15) is 11.6 Å². The van der Waals surface area contributed by atoms with Crippen LogP contribution in [0.1, 0.15) is 5.56 Å². The number of halogens is 2. The van der Waals surface area contributed by atoms with Gasteiger partial charge in [-0.1, -0.05) is 27.2 Å². The predicted octanol–water partition coefficient (Wildman–Crippen LogP) is 4.32. The Bertz CT molecular complexity index is 817. The Morgan fingerprint density at radius 2 is 1.95 bits per heavy atom. The lowest BCUT2D eigenvalue weighted by molar-refractivity contribution is 0.425. The lowest BCUT2D eigenvalue weighted by Gasteiger charge is -2.00.